The predicted octanol–water partition coefficient (Wildman–Crippen LogP) is 1.28. The first-order chi connectivity index (χ1) is 10.2. The molecule has 2 atom stereocenters. The van der Waals surface area contributed by atoms with E-state index in [4.69, 9.17) is 5.11 Å². The lowest BCUT2D eigenvalue weighted by atomic mass is 9.84. The third kappa shape index (κ3) is 4.77. The van der Waals surface area contributed by atoms with Crippen LogP contribution in [-0.4, -0.2) is 39.7 Å². The van der Waals surface area contributed by atoms with Gasteiger partial charge in [-0.15, -0.1) is 0 Å². The number of aromatic nitrogens is 2. The molecule has 0 bridgehead atoms. The molecule has 0 aromatic carbocycles. The van der Waals surface area contributed by atoms with Gasteiger partial charge in [0.25, 0.3) is 0 Å². The largest absolute Gasteiger partial charge is 0.481 e. The Hall–Kier alpha value is -2.05. The van der Waals surface area contributed by atoms with Gasteiger partial charge in [-0.25, -0.2) is 9.78 Å². The number of aryl methyl sites for hydroxylation is 1. The first-order valence-electron chi connectivity index (χ1n) is 7.42. The topological polar surface area (TPSA) is 107 Å². The molecular formula is C14H22N4O3. The number of amides is 2. The molecule has 21 heavy (non-hydrogen) atoms. The number of aromatic amines is 1. The third-order valence-corrected chi connectivity index (χ3v) is 3.83. The summed E-state index contributed by atoms with van der Waals surface area (Å²) < 4.78 is 0. The number of hydrogen-bond acceptors (Lipinski definition) is 3. The smallest absolute Gasteiger partial charge is 0.315 e. The number of aliphatic carboxylic acids is 1. The predicted molar refractivity (Wildman–Crippen MR) is 76.8 cm³/mol. The monoisotopic (exact) mass is 294 g/mol. The minimum absolute atomic E-state index is 0.263. The zero-order chi connectivity index (χ0) is 15.1. The number of imidazole rings is 1. The van der Waals surface area contributed by atoms with Crippen LogP contribution < -0.4 is 10.6 Å². The minimum Gasteiger partial charge on any atom is -0.481 e. The van der Waals surface area contributed by atoms with Crippen molar-refractivity contribution in [2.45, 2.75) is 44.6 Å². The summed E-state index contributed by atoms with van der Waals surface area (Å²) in [7, 11) is 0. The molecule has 0 aliphatic heterocycles. The molecule has 0 radical (unpaired) electrons. The van der Waals surface area contributed by atoms with Crippen molar-refractivity contribution >= 4 is 12.0 Å². The van der Waals surface area contributed by atoms with Crippen molar-refractivity contribution in [1.82, 2.24) is 20.6 Å². The van der Waals surface area contributed by atoms with Crippen LogP contribution in [0.4, 0.5) is 4.79 Å². The normalized spacial score (nSPS) is 21.7. The maximum absolute atomic E-state index is 11.8. The van der Waals surface area contributed by atoms with Gasteiger partial charge in [-0.05, 0) is 19.3 Å². The standard InChI is InChI=1S/C14H22N4O3/c19-13(20)10-4-1-2-5-11(10)18-14(21)17-7-3-6-12-15-8-9-16-12/h8-11H,1-7H2,(H,15,16)(H,19,20)(H2,17,18,21). The second-order valence-electron chi connectivity index (χ2n) is 5.38. The molecule has 116 valence electrons. The lowest BCUT2D eigenvalue weighted by Crippen LogP contribution is -2.49. The first-order valence-corrected chi connectivity index (χ1v) is 7.42. The molecule has 0 spiro atoms. The number of urea groups is 1. The fourth-order valence-corrected chi connectivity index (χ4v) is 2.71. The van der Waals surface area contributed by atoms with Crippen molar-refractivity contribution in [1.29, 1.82) is 0 Å². The quantitative estimate of drug-likeness (QED) is 0.593. The third-order valence-electron chi connectivity index (χ3n) is 3.83. The Balaban J connectivity index is 1.67. The number of carboxylic acid groups (broad SMARTS) is 1. The molecular weight excluding hydrogens is 272 g/mol. The van der Waals surface area contributed by atoms with Crippen molar-refractivity contribution in [3.8, 4) is 0 Å². The molecule has 4 N–H and O–H groups in total. The van der Waals surface area contributed by atoms with Crippen molar-refractivity contribution in [3.05, 3.63) is 18.2 Å². The molecule has 1 heterocycles. The second kappa shape index (κ2) is 7.66. The summed E-state index contributed by atoms with van der Waals surface area (Å²) in [6.45, 7) is 0.539. The summed E-state index contributed by atoms with van der Waals surface area (Å²) >= 11 is 0. The van der Waals surface area contributed by atoms with Gasteiger partial charge in [-0.2, -0.15) is 0 Å². The fraction of sp³-hybridized carbons (Fsp3) is 0.643. The number of hydrogen-bond donors (Lipinski definition) is 4. The van der Waals surface area contributed by atoms with E-state index < -0.39 is 11.9 Å². The summed E-state index contributed by atoms with van der Waals surface area (Å²) in [5.74, 6) is -0.388. The van der Waals surface area contributed by atoms with Crippen LogP contribution in [0.15, 0.2) is 12.4 Å². The van der Waals surface area contributed by atoms with Crippen LogP contribution in [-0.2, 0) is 11.2 Å². The van der Waals surface area contributed by atoms with Crippen LogP contribution in [0.25, 0.3) is 0 Å². The van der Waals surface area contributed by atoms with E-state index in [1.165, 1.54) is 0 Å². The average molecular weight is 294 g/mol. The highest BCUT2D eigenvalue weighted by atomic mass is 16.4. The van der Waals surface area contributed by atoms with Crippen LogP contribution in [0.3, 0.4) is 0 Å². The molecule has 2 amide bonds. The van der Waals surface area contributed by atoms with E-state index in [1.54, 1.807) is 12.4 Å². The molecule has 1 saturated carbocycles. The van der Waals surface area contributed by atoms with E-state index >= 15 is 0 Å². The van der Waals surface area contributed by atoms with Crippen molar-refractivity contribution in [2.24, 2.45) is 5.92 Å². The fourth-order valence-electron chi connectivity index (χ4n) is 2.71. The summed E-state index contributed by atoms with van der Waals surface area (Å²) in [5, 5.41) is 14.7. The Bertz CT molecular complexity index is 461. The van der Waals surface area contributed by atoms with Crippen molar-refractivity contribution < 1.29 is 14.7 Å². The Morgan fingerprint density at radius 3 is 2.90 bits per heavy atom. The number of carboxylic acids is 1. The Morgan fingerprint density at radius 2 is 2.19 bits per heavy atom. The van der Waals surface area contributed by atoms with Crippen LogP contribution in [0, 0.1) is 5.92 Å². The number of carbonyl (C=O) groups is 2. The first kappa shape index (κ1) is 15.3. The SMILES string of the molecule is O=C(NCCCc1ncc[nH]1)NC1CCCCC1C(=O)O. The van der Waals surface area contributed by atoms with Crippen molar-refractivity contribution in [3.63, 3.8) is 0 Å². The maximum atomic E-state index is 11.8. The summed E-state index contributed by atoms with van der Waals surface area (Å²) in [5.41, 5.74) is 0. The molecule has 0 saturated heterocycles. The van der Waals surface area contributed by atoms with E-state index in [0.29, 0.717) is 13.0 Å². The van der Waals surface area contributed by atoms with Gasteiger partial charge in [-0.3, -0.25) is 4.79 Å². The molecule has 7 heteroatoms. The number of H-pyrrole nitrogens is 1. The van der Waals surface area contributed by atoms with Crippen LogP contribution in [0.1, 0.15) is 37.9 Å². The van der Waals surface area contributed by atoms with Gasteiger partial charge in [0.15, 0.2) is 0 Å². The Morgan fingerprint density at radius 1 is 1.38 bits per heavy atom. The average Bonchev–Trinajstić information content (AvgIpc) is 2.97. The summed E-state index contributed by atoms with van der Waals surface area (Å²) in [6, 6.07) is -0.547. The highest BCUT2D eigenvalue weighted by molar-refractivity contribution is 5.76. The molecule has 1 fully saturated rings. The van der Waals surface area contributed by atoms with E-state index in [0.717, 1.165) is 37.9 Å². The zero-order valence-corrected chi connectivity index (χ0v) is 12.0. The molecule has 2 rings (SSSR count). The molecule has 7 nitrogen and oxygen atoms in total. The molecule has 2 unspecified atom stereocenters. The van der Waals surface area contributed by atoms with E-state index in [-0.39, 0.29) is 12.1 Å². The number of nitrogens with one attached hydrogen (secondary N) is 3. The highest BCUT2D eigenvalue weighted by Crippen LogP contribution is 2.24. The van der Waals surface area contributed by atoms with Crippen LogP contribution in [0.2, 0.25) is 0 Å². The molecule has 1 aliphatic rings. The highest BCUT2D eigenvalue weighted by Gasteiger charge is 2.31. The lowest BCUT2D eigenvalue weighted by molar-refractivity contribution is -0.143. The van der Waals surface area contributed by atoms with Gasteiger partial charge in [-0.1, -0.05) is 12.8 Å². The molecule has 1 aliphatic carbocycles. The van der Waals surface area contributed by atoms with E-state index in [1.807, 2.05) is 0 Å². The van der Waals surface area contributed by atoms with Gasteiger partial charge < -0.3 is 20.7 Å². The van der Waals surface area contributed by atoms with Crippen molar-refractivity contribution in [2.75, 3.05) is 6.54 Å². The maximum Gasteiger partial charge on any atom is 0.315 e. The zero-order valence-electron chi connectivity index (χ0n) is 12.0. The van der Waals surface area contributed by atoms with E-state index in [9.17, 15) is 9.59 Å². The summed E-state index contributed by atoms with van der Waals surface area (Å²) in [4.78, 5) is 30.1. The minimum atomic E-state index is -0.821. The van der Waals surface area contributed by atoms with Gasteiger partial charge in [0.1, 0.15) is 5.82 Å². The Labute approximate surface area is 123 Å². The second-order valence-corrected chi connectivity index (χ2v) is 5.38. The lowest BCUT2D eigenvalue weighted by Gasteiger charge is -2.29. The van der Waals surface area contributed by atoms with E-state index in [2.05, 4.69) is 20.6 Å². The number of nitrogens with zero attached hydrogens (tertiary/aromatic N) is 1. The molecule has 1 aromatic rings. The van der Waals surface area contributed by atoms with Crippen LogP contribution in [0.5, 0.6) is 0 Å². The summed E-state index contributed by atoms with van der Waals surface area (Å²) in [6.07, 6.45) is 8.28. The van der Waals surface area contributed by atoms with Gasteiger partial charge in [0.05, 0.1) is 5.92 Å². The molecule has 1 aromatic heterocycles. The number of rotatable bonds is 6. The van der Waals surface area contributed by atoms with Gasteiger partial charge in [0.2, 0.25) is 0 Å². The van der Waals surface area contributed by atoms with Gasteiger partial charge in [0, 0.05) is 31.4 Å². The van der Waals surface area contributed by atoms with Crippen LogP contribution >= 0.6 is 0 Å². The van der Waals surface area contributed by atoms with Gasteiger partial charge >= 0.3 is 12.0 Å². The number of carbonyl (C=O) groups excluding carboxylic acids is 1. The Kier molecular flexibility index (Phi) is 5.59.